The molecule has 0 aliphatic carbocycles. The van der Waals surface area contributed by atoms with Crippen LogP contribution in [0.2, 0.25) is 0 Å². The first-order valence-electron chi connectivity index (χ1n) is 1.57. The van der Waals surface area contributed by atoms with Gasteiger partial charge >= 0.3 is 156 Å². The van der Waals surface area contributed by atoms with Gasteiger partial charge in [-0.1, -0.05) is 0 Å². The molecule has 0 unspecified atom stereocenters. The third-order valence-corrected chi connectivity index (χ3v) is 0. The third-order valence-electron chi connectivity index (χ3n) is 0. The van der Waals surface area contributed by atoms with Gasteiger partial charge in [0.1, 0.15) is 0 Å². The summed E-state index contributed by atoms with van der Waals surface area (Å²) in [7, 11) is -9.28. The molecule has 6 N–H and O–H groups in total. The standard InChI is InChI=1S/Ca.2K.2H3O4P.4H/c;;;2*1-5(2,3)4;;;;/h;;;2*(H3,1,2,3,4);;;;/q+2;2*+1;;;4*-1. The van der Waals surface area contributed by atoms with E-state index in [0.717, 1.165) is 0 Å². The Morgan fingerprint density at radius 3 is 0.692 bits per heavy atom. The van der Waals surface area contributed by atoms with Crippen LogP contribution in [0.3, 0.4) is 0 Å². The van der Waals surface area contributed by atoms with E-state index in [-0.39, 0.29) is 146 Å². The Hall–Kier alpha value is 4.75. The van der Waals surface area contributed by atoms with Crippen molar-refractivity contribution in [3.05, 3.63) is 0 Å². The molecule has 0 atom stereocenters. The van der Waals surface area contributed by atoms with E-state index in [9.17, 15) is 0 Å². The summed E-state index contributed by atoms with van der Waals surface area (Å²) in [6.07, 6.45) is 0. The van der Waals surface area contributed by atoms with Crippen LogP contribution in [0.1, 0.15) is 5.71 Å². The molecule has 72 valence electrons. The van der Waals surface area contributed by atoms with Crippen molar-refractivity contribution in [1.29, 1.82) is 0 Å². The zero-order valence-corrected chi connectivity index (χ0v) is 17.3. The maximum absolute atomic E-state index is 8.88. The summed E-state index contributed by atoms with van der Waals surface area (Å²) in [6.45, 7) is 0. The van der Waals surface area contributed by atoms with Gasteiger partial charge in [-0.3, -0.25) is 0 Å². The van der Waals surface area contributed by atoms with Crippen molar-refractivity contribution in [1.82, 2.24) is 0 Å². The molecule has 0 aliphatic rings. The molecule has 0 fully saturated rings. The van der Waals surface area contributed by atoms with Gasteiger partial charge in [0, 0.05) is 0 Å². The third kappa shape index (κ3) is 161. The van der Waals surface area contributed by atoms with E-state index in [1.165, 1.54) is 0 Å². The van der Waals surface area contributed by atoms with Crippen molar-refractivity contribution in [3.8, 4) is 0 Å². The molecule has 0 amide bonds. The van der Waals surface area contributed by atoms with Crippen molar-refractivity contribution < 1.29 is 147 Å². The van der Waals surface area contributed by atoms with Gasteiger partial charge in [-0.2, -0.15) is 0 Å². The molecular formula is H10CaK2O8P2. The Labute approximate surface area is 195 Å². The van der Waals surface area contributed by atoms with Gasteiger partial charge in [0.2, 0.25) is 0 Å². The second-order valence-electron chi connectivity index (χ2n) is 1.03. The molecule has 0 aliphatic heterocycles. The quantitative estimate of drug-likeness (QED) is 0.190. The van der Waals surface area contributed by atoms with E-state index in [1.54, 1.807) is 0 Å². The molecular weight excluding hydrogens is 308 g/mol. The topological polar surface area (TPSA) is 156 Å². The first-order chi connectivity index (χ1) is 4.00. The Kier molecular flexibility index (Phi) is 34.9. The molecule has 13 heavy (non-hydrogen) atoms. The Morgan fingerprint density at radius 1 is 0.692 bits per heavy atom. The molecule has 0 rings (SSSR count). The maximum atomic E-state index is 8.88. The van der Waals surface area contributed by atoms with Gasteiger partial charge in [-0.25, -0.2) is 9.13 Å². The Bertz CT molecular complexity index is 146. The first kappa shape index (κ1) is 30.6. The van der Waals surface area contributed by atoms with E-state index in [2.05, 4.69) is 0 Å². The van der Waals surface area contributed by atoms with Crippen LogP contribution in [-0.2, 0) is 9.13 Å². The van der Waals surface area contributed by atoms with E-state index in [4.69, 9.17) is 38.5 Å². The molecule has 13 heteroatoms. The molecule has 0 bridgehead atoms. The van der Waals surface area contributed by atoms with Crippen LogP contribution < -0.4 is 103 Å². The predicted molar refractivity (Wildman–Crippen MR) is 38.7 cm³/mol. The maximum Gasteiger partial charge on any atom is 2.00 e. The van der Waals surface area contributed by atoms with Crippen molar-refractivity contribution in [2.45, 2.75) is 0 Å². The van der Waals surface area contributed by atoms with Gasteiger partial charge in [0.15, 0.2) is 0 Å². The molecule has 0 aromatic rings. The summed E-state index contributed by atoms with van der Waals surface area (Å²) in [5.41, 5.74) is 0. The Morgan fingerprint density at radius 2 is 0.692 bits per heavy atom. The van der Waals surface area contributed by atoms with Crippen LogP contribution in [0, 0.1) is 0 Å². The van der Waals surface area contributed by atoms with E-state index in [0.29, 0.717) is 0 Å². The van der Waals surface area contributed by atoms with Crippen LogP contribution in [0.4, 0.5) is 0 Å². The fraction of sp³-hybridized carbons (Fsp3) is 0. The molecule has 0 aromatic carbocycles. The van der Waals surface area contributed by atoms with Crippen LogP contribution in [0.5, 0.6) is 0 Å². The molecule has 0 heterocycles. The minimum Gasteiger partial charge on any atom is -1.00 e. The summed E-state index contributed by atoms with van der Waals surface area (Å²) in [5, 5.41) is 0. The van der Waals surface area contributed by atoms with Crippen LogP contribution >= 0.6 is 15.6 Å². The second kappa shape index (κ2) is 14.8. The van der Waals surface area contributed by atoms with Crippen LogP contribution in [0.25, 0.3) is 0 Å². The number of hydrogen-bond donors (Lipinski definition) is 6. The molecule has 0 spiro atoms. The van der Waals surface area contributed by atoms with Gasteiger partial charge in [0.05, 0.1) is 0 Å². The van der Waals surface area contributed by atoms with Crippen molar-refractivity contribution in [2.24, 2.45) is 0 Å². The molecule has 8 nitrogen and oxygen atoms in total. The predicted octanol–water partition coefficient (Wildman–Crippen LogP) is -7.78. The monoisotopic (exact) mass is 318 g/mol. The number of hydrogen-bond acceptors (Lipinski definition) is 2. The zero-order chi connectivity index (χ0) is 9.00. The van der Waals surface area contributed by atoms with Gasteiger partial charge in [0.25, 0.3) is 0 Å². The molecule has 0 radical (unpaired) electrons. The smallest absolute Gasteiger partial charge is 1.00 e. The van der Waals surface area contributed by atoms with E-state index < -0.39 is 15.6 Å². The minimum absolute atomic E-state index is 0. The Balaban J connectivity index is -0.00000000762. The second-order valence-corrected chi connectivity index (χ2v) is 3.08. The largest absolute Gasteiger partial charge is 2.00 e. The van der Waals surface area contributed by atoms with Gasteiger partial charge in [-0.15, -0.1) is 0 Å². The summed E-state index contributed by atoms with van der Waals surface area (Å²) >= 11 is 0. The SMILES string of the molecule is O=P(O)(O)O.O=P(O)(O)O.[Ca+2].[H-].[H-].[H-].[H-].[K+].[K+]. The number of phosphoric acid groups is 2. The van der Waals surface area contributed by atoms with Crippen LogP contribution in [0.15, 0.2) is 0 Å². The van der Waals surface area contributed by atoms with Gasteiger partial charge in [-0.05, 0) is 0 Å². The van der Waals surface area contributed by atoms with Crippen LogP contribution in [-0.4, -0.2) is 67.1 Å². The van der Waals surface area contributed by atoms with E-state index >= 15 is 0 Å². The zero-order valence-electron chi connectivity index (χ0n) is 11.1. The summed E-state index contributed by atoms with van der Waals surface area (Å²) in [4.78, 5) is 43.1. The first-order valence-corrected chi connectivity index (χ1v) is 4.70. The van der Waals surface area contributed by atoms with Crippen molar-refractivity contribution >= 4 is 53.4 Å². The normalized spacial score (nSPS) is 9.08. The number of rotatable bonds is 0. The average molecular weight is 318 g/mol. The minimum atomic E-state index is -4.64. The summed E-state index contributed by atoms with van der Waals surface area (Å²) in [5.74, 6) is 0. The van der Waals surface area contributed by atoms with Gasteiger partial charge < -0.3 is 35.1 Å². The summed E-state index contributed by atoms with van der Waals surface area (Å²) in [6, 6.07) is 0. The average Bonchev–Trinajstić information content (AvgIpc) is 1.12. The summed E-state index contributed by atoms with van der Waals surface area (Å²) < 4.78 is 17.8. The fourth-order valence-electron chi connectivity index (χ4n) is 0. The van der Waals surface area contributed by atoms with Crippen molar-refractivity contribution in [3.63, 3.8) is 0 Å². The molecule has 0 aromatic heterocycles. The fourth-order valence-corrected chi connectivity index (χ4v) is 0. The molecule has 0 saturated heterocycles. The molecule has 0 saturated carbocycles. The van der Waals surface area contributed by atoms with Crippen molar-refractivity contribution in [2.75, 3.05) is 0 Å². The van der Waals surface area contributed by atoms with E-state index in [1.807, 2.05) is 0 Å².